The molecule has 16 heavy (non-hydrogen) atoms. The number of hydrogen-bond acceptors (Lipinski definition) is 3. The third-order valence-electron chi connectivity index (χ3n) is 3.41. The molecule has 88 valence electrons. The minimum Gasteiger partial charge on any atom is -0.508 e. The lowest BCUT2D eigenvalue weighted by atomic mass is 9.89. The number of phenolic OH excluding ortho intramolecular Hbond substituents is 1. The molecule has 1 aromatic carbocycles. The molecule has 2 rings (SSSR count). The van der Waals surface area contributed by atoms with Gasteiger partial charge in [0.05, 0.1) is 0 Å². The van der Waals surface area contributed by atoms with Crippen LogP contribution in [0.3, 0.4) is 0 Å². The third kappa shape index (κ3) is 2.06. The van der Waals surface area contributed by atoms with Gasteiger partial charge in [-0.15, -0.1) is 0 Å². The molecule has 1 unspecified atom stereocenters. The van der Waals surface area contributed by atoms with E-state index in [9.17, 15) is 5.11 Å². The lowest BCUT2D eigenvalue weighted by molar-refractivity contribution is 0.185. The maximum Gasteiger partial charge on any atom is 0.115 e. The molecule has 3 N–H and O–H groups in total. The van der Waals surface area contributed by atoms with E-state index in [4.69, 9.17) is 5.73 Å². The molecular weight excluding hydrogens is 200 g/mol. The second-order valence-corrected chi connectivity index (χ2v) is 4.84. The largest absolute Gasteiger partial charge is 0.508 e. The summed E-state index contributed by atoms with van der Waals surface area (Å²) in [6.45, 7) is 6.99. The SMILES string of the molecule is CC(C)N1Cc2cc(O)ccc2C(CN)C1. The van der Waals surface area contributed by atoms with Crippen LogP contribution < -0.4 is 5.73 Å². The molecule has 0 fully saturated rings. The lowest BCUT2D eigenvalue weighted by Gasteiger charge is -2.36. The first-order chi connectivity index (χ1) is 7.61. The molecule has 3 heteroatoms. The second-order valence-electron chi connectivity index (χ2n) is 4.84. The first-order valence-electron chi connectivity index (χ1n) is 5.87. The summed E-state index contributed by atoms with van der Waals surface area (Å²) in [4.78, 5) is 2.40. The van der Waals surface area contributed by atoms with Gasteiger partial charge in [-0.05, 0) is 37.1 Å². The second kappa shape index (κ2) is 4.44. The fourth-order valence-electron chi connectivity index (χ4n) is 2.39. The number of hydrogen-bond donors (Lipinski definition) is 2. The van der Waals surface area contributed by atoms with E-state index in [0.717, 1.165) is 13.1 Å². The number of rotatable bonds is 2. The Morgan fingerprint density at radius 3 is 2.88 bits per heavy atom. The van der Waals surface area contributed by atoms with Gasteiger partial charge in [0.25, 0.3) is 0 Å². The van der Waals surface area contributed by atoms with Gasteiger partial charge >= 0.3 is 0 Å². The van der Waals surface area contributed by atoms with Crippen LogP contribution in [0.15, 0.2) is 18.2 Å². The minimum absolute atomic E-state index is 0.347. The fourth-order valence-corrected chi connectivity index (χ4v) is 2.39. The zero-order valence-corrected chi connectivity index (χ0v) is 9.98. The molecule has 0 radical (unpaired) electrons. The molecule has 0 aromatic heterocycles. The van der Waals surface area contributed by atoms with Crippen molar-refractivity contribution in [2.45, 2.75) is 32.4 Å². The van der Waals surface area contributed by atoms with E-state index in [1.54, 1.807) is 6.07 Å². The monoisotopic (exact) mass is 220 g/mol. The van der Waals surface area contributed by atoms with Crippen LogP contribution in [0.1, 0.15) is 30.9 Å². The average Bonchev–Trinajstić information content (AvgIpc) is 2.26. The molecular formula is C13H20N2O. The van der Waals surface area contributed by atoms with Gasteiger partial charge in [0.15, 0.2) is 0 Å². The number of phenols is 1. The Kier molecular flexibility index (Phi) is 3.17. The predicted molar refractivity (Wildman–Crippen MR) is 65.4 cm³/mol. The van der Waals surface area contributed by atoms with Gasteiger partial charge in [-0.1, -0.05) is 6.07 Å². The Balaban J connectivity index is 2.34. The fraction of sp³-hybridized carbons (Fsp3) is 0.538. The van der Waals surface area contributed by atoms with Gasteiger partial charge < -0.3 is 10.8 Å². The zero-order chi connectivity index (χ0) is 11.7. The van der Waals surface area contributed by atoms with Gasteiger partial charge in [0, 0.05) is 31.6 Å². The Morgan fingerprint density at radius 1 is 1.50 bits per heavy atom. The smallest absolute Gasteiger partial charge is 0.115 e. The molecule has 0 saturated heterocycles. The summed E-state index contributed by atoms with van der Waals surface area (Å²) in [7, 11) is 0. The van der Waals surface area contributed by atoms with Crippen molar-refractivity contribution < 1.29 is 5.11 Å². The van der Waals surface area contributed by atoms with Crippen molar-refractivity contribution in [1.82, 2.24) is 4.90 Å². The summed E-state index contributed by atoms with van der Waals surface area (Å²) < 4.78 is 0. The summed E-state index contributed by atoms with van der Waals surface area (Å²) in [6.07, 6.45) is 0. The lowest BCUT2D eigenvalue weighted by Crippen LogP contribution is -2.40. The van der Waals surface area contributed by atoms with Crippen LogP contribution in [-0.2, 0) is 6.54 Å². The van der Waals surface area contributed by atoms with Crippen molar-refractivity contribution in [1.29, 1.82) is 0 Å². The van der Waals surface area contributed by atoms with Crippen LogP contribution in [0.5, 0.6) is 5.75 Å². The average molecular weight is 220 g/mol. The molecule has 0 saturated carbocycles. The van der Waals surface area contributed by atoms with Gasteiger partial charge in [-0.3, -0.25) is 4.90 Å². The number of nitrogens with two attached hydrogens (primary N) is 1. The summed E-state index contributed by atoms with van der Waals surface area (Å²) >= 11 is 0. The van der Waals surface area contributed by atoms with E-state index in [0.29, 0.717) is 24.3 Å². The molecule has 0 spiro atoms. The molecule has 3 nitrogen and oxygen atoms in total. The van der Waals surface area contributed by atoms with E-state index in [2.05, 4.69) is 18.7 Å². The Morgan fingerprint density at radius 2 is 2.25 bits per heavy atom. The zero-order valence-electron chi connectivity index (χ0n) is 9.98. The molecule has 0 aliphatic carbocycles. The number of aromatic hydroxyl groups is 1. The van der Waals surface area contributed by atoms with Crippen LogP contribution in [-0.4, -0.2) is 29.1 Å². The molecule has 1 heterocycles. The Bertz CT molecular complexity index is 376. The highest BCUT2D eigenvalue weighted by Crippen LogP contribution is 2.30. The normalized spacial score (nSPS) is 21.1. The predicted octanol–water partition coefficient (Wildman–Crippen LogP) is 1.66. The highest BCUT2D eigenvalue weighted by atomic mass is 16.3. The van der Waals surface area contributed by atoms with Crippen LogP contribution in [0.2, 0.25) is 0 Å². The molecule has 1 aliphatic rings. The van der Waals surface area contributed by atoms with E-state index in [1.807, 2.05) is 12.1 Å². The van der Waals surface area contributed by atoms with Gasteiger partial charge in [0.1, 0.15) is 5.75 Å². The van der Waals surface area contributed by atoms with Crippen molar-refractivity contribution in [3.05, 3.63) is 29.3 Å². The first-order valence-corrected chi connectivity index (χ1v) is 5.87. The van der Waals surface area contributed by atoms with Crippen LogP contribution in [0.25, 0.3) is 0 Å². The number of nitrogens with zero attached hydrogens (tertiary/aromatic N) is 1. The maximum absolute atomic E-state index is 9.52. The van der Waals surface area contributed by atoms with Crippen molar-refractivity contribution >= 4 is 0 Å². The topological polar surface area (TPSA) is 49.5 Å². The first kappa shape index (κ1) is 11.4. The van der Waals surface area contributed by atoms with Crippen LogP contribution in [0, 0.1) is 0 Å². The molecule has 1 aliphatic heterocycles. The summed E-state index contributed by atoms with van der Waals surface area (Å²) in [5.41, 5.74) is 8.35. The highest BCUT2D eigenvalue weighted by Gasteiger charge is 2.25. The number of benzene rings is 1. The van der Waals surface area contributed by atoms with Crippen LogP contribution >= 0.6 is 0 Å². The van der Waals surface area contributed by atoms with Crippen molar-refractivity contribution in [3.63, 3.8) is 0 Å². The minimum atomic E-state index is 0.347. The Labute approximate surface area is 96.9 Å². The maximum atomic E-state index is 9.52. The van der Waals surface area contributed by atoms with Gasteiger partial charge in [-0.2, -0.15) is 0 Å². The molecule has 0 amide bonds. The summed E-state index contributed by atoms with van der Waals surface area (Å²) in [5, 5.41) is 9.52. The van der Waals surface area contributed by atoms with Crippen molar-refractivity contribution in [2.75, 3.05) is 13.1 Å². The van der Waals surface area contributed by atoms with Crippen molar-refractivity contribution in [3.8, 4) is 5.75 Å². The van der Waals surface area contributed by atoms with Crippen molar-refractivity contribution in [2.24, 2.45) is 5.73 Å². The summed E-state index contributed by atoms with van der Waals surface area (Å²) in [6, 6.07) is 6.16. The van der Waals surface area contributed by atoms with E-state index in [-0.39, 0.29) is 0 Å². The molecule has 0 bridgehead atoms. The Hall–Kier alpha value is -1.06. The van der Waals surface area contributed by atoms with E-state index < -0.39 is 0 Å². The highest BCUT2D eigenvalue weighted by molar-refractivity contribution is 5.39. The van der Waals surface area contributed by atoms with E-state index >= 15 is 0 Å². The van der Waals surface area contributed by atoms with Crippen LogP contribution in [0.4, 0.5) is 0 Å². The van der Waals surface area contributed by atoms with Gasteiger partial charge in [0.2, 0.25) is 0 Å². The summed E-state index contributed by atoms with van der Waals surface area (Å²) in [5.74, 6) is 0.742. The number of fused-ring (bicyclic) bond motifs is 1. The standard InChI is InChI=1S/C13H20N2O/c1-9(2)15-7-10-5-12(16)3-4-13(10)11(6-14)8-15/h3-5,9,11,16H,6-8,14H2,1-2H3. The molecule has 1 atom stereocenters. The van der Waals surface area contributed by atoms with Gasteiger partial charge in [-0.25, -0.2) is 0 Å². The quantitative estimate of drug-likeness (QED) is 0.797. The van der Waals surface area contributed by atoms with E-state index in [1.165, 1.54) is 11.1 Å². The molecule has 1 aromatic rings. The third-order valence-corrected chi connectivity index (χ3v) is 3.41.